The van der Waals surface area contributed by atoms with Crippen LogP contribution in [0, 0.1) is 0 Å². The molecule has 0 aromatic heterocycles. The van der Waals surface area contributed by atoms with E-state index in [-0.39, 0.29) is 12.1 Å². The van der Waals surface area contributed by atoms with Crippen molar-refractivity contribution in [3.05, 3.63) is 29.8 Å². The number of carbonyl (C=O) groups is 1. The Balaban J connectivity index is 2.37. The summed E-state index contributed by atoms with van der Waals surface area (Å²) in [5.41, 5.74) is -0.823. The van der Waals surface area contributed by atoms with Gasteiger partial charge in [-0.05, 0) is 72.6 Å². The molecule has 0 bridgehead atoms. The van der Waals surface area contributed by atoms with Crippen molar-refractivity contribution < 1.29 is 18.7 Å². The van der Waals surface area contributed by atoms with E-state index in [4.69, 9.17) is 9.47 Å². The molecule has 158 valence electrons. The molecule has 1 aliphatic heterocycles. The van der Waals surface area contributed by atoms with Crippen molar-refractivity contribution in [2.24, 2.45) is 0 Å². The van der Waals surface area contributed by atoms with Crippen molar-refractivity contribution in [2.75, 3.05) is 7.11 Å². The molecule has 1 aromatic carbocycles. The molecule has 1 saturated heterocycles. The van der Waals surface area contributed by atoms with Crippen molar-refractivity contribution in [3.8, 4) is 5.75 Å². The fourth-order valence-corrected chi connectivity index (χ4v) is 3.93. The number of amides is 1. The summed E-state index contributed by atoms with van der Waals surface area (Å²) in [7, 11) is 1.61. The van der Waals surface area contributed by atoms with Crippen LogP contribution in [0.1, 0.15) is 60.5 Å². The maximum atomic E-state index is 15.5. The van der Waals surface area contributed by atoms with Gasteiger partial charge in [0, 0.05) is 17.6 Å². The van der Waals surface area contributed by atoms with Crippen LogP contribution in [0.4, 0.5) is 9.18 Å². The van der Waals surface area contributed by atoms with Gasteiger partial charge in [0.25, 0.3) is 0 Å². The first-order valence-corrected chi connectivity index (χ1v) is 9.80. The normalized spacial score (nSPS) is 23.8. The third kappa shape index (κ3) is 5.60. The molecular formula is C22H35FN2O3. The Kier molecular flexibility index (Phi) is 6.34. The number of hydrogen-bond donors (Lipinski definition) is 1. The monoisotopic (exact) mass is 394 g/mol. The molecule has 1 heterocycles. The van der Waals surface area contributed by atoms with Crippen molar-refractivity contribution in [1.82, 2.24) is 10.2 Å². The molecular weight excluding hydrogens is 359 g/mol. The number of methoxy groups -OCH3 is 1. The maximum Gasteiger partial charge on any atom is 0.410 e. The molecule has 2 rings (SSSR count). The second-order valence-corrected chi connectivity index (χ2v) is 9.86. The van der Waals surface area contributed by atoms with Crippen LogP contribution in [-0.4, -0.2) is 47.0 Å². The zero-order valence-electron chi connectivity index (χ0n) is 18.4. The molecule has 0 spiro atoms. The smallest absolute Gasteiger partial charge is 0.410 e. The first-order chi connectivity index (χ1) is 12.7. The van der Waals surface area contributed by atoms with Crippen LogP contribution < -0.4 is 10.1 Å². The number of alkyl halides is 1. The summed E-state index contributed by atoms with van der Waals surface area (Å²) < 4.78 is 26.3. The molecule has 1 N–H and O–H groups in total. The molecule has 5 nitrogen and oxygen atoms in total. The number of nitrogens with one attached hydrogen (secondary N) is 1. The Morgan fingerprint density at radius 1 is 1.21 bits per heavy atom. The lowest BCUT2D eigenvalue weighted by Gasteiger charge is -2.51. The third-order valence-corrected chi connectivity index (χ3v) is 4.95. The fourth-order valence-electron chi connectivity index (χ4n) is 3.93. The van der Waals surface area contributed by atoms with E-state index in [1.165, 1.54) is 0 Å². The number of hydrogen-bond acceptors (Lipinski definition) is 4. The largest absolute Gasteiger partial charge is 0.497 e. The summed E-state index contributed by atoms with van der Waals surface area (Å²) in [5, 5.41) is 3.36. The predicted molar refractivity (Wildman–Crippen MR) is 109 cm³/mol. The van der Waals surface area contributed by atoms with Gasteiger partial charge in [0.1, 0.15) is 17.5 Å². The lowest BCUT2D eigenvalue weighted by molar-refractivity contribution is -0.0353. The second-order valence-electron chi connectivity index (χ2n) is 9.86. The molecule has 0 saturated carbocycles. The summed E-state index contributed by atoms with van der Waals surface area (Å²) >= 11 is 0. The van der Waals surface area contributed by atoms with Crippen LogP contribution in [0.5, 0.6) is 5.75 Å². The zero-order chi connectivity index (χ0) is 21.3. The van der Waals surface area contributed by atoms with Crippen molar-refractivity contribution in [1.29, 1.82) is 0 Å². The van der Waals surface area contributed by atoms with Gasteiger partial charge in [-0.3, -0.25) is 4.90 Å². The lowest BCUT2D eigenvalue weighted by atomic mass is 9.77. The Labute approximate surface area is 168 Å². The van der Waals surface area contributed by atoms with Gasteiger partial charge in [0.2, 0.25) is 0 Å². The average Bonchev–Trinajstić information content (AvgIpc) is 2.54. The van der Waals surface area contributed by atoms with Gasteiger partial charge in [-0.2, -0.15) is 0 Å². The Morgan fingerprint density at radius 2 is 1.79 bits per heavy atom. The fraction of sp³-hybridized carbons (Fsp3) is 0.682. The van der Waals surface area contributed by atoms with E-state index in [9.17, 15) is 4.79 Å². The third-order valence-electron chi connectivity index (χ3n) is 4.95. The van der Waals surface area contributed by atoms with Gasteiger partial charge in [0.15, 0.2) is 0 Å². The summed E-state index contributed by atoms with van der Waals surface area (Å²) in [4.78, 5) is 14.6. The molecule has 0 radical (unpaired) electrons. The zero-order valence-corrected chi connectivity index (χ0v) is 18.4. The highest BCUT2D eigenvalue weighted by molar-refractivity contribution is 5.69. The Morgan fingerprint density at radius 3 is 2.29 bits per heavy atom. The number of halogens is 1. The minimum absolute atomic E-state index is 0.274. The minimum Gasteiger partial charge on any atom is -0.497 e. The van der Waals surface area contributed by atoms with Gasteiger partial charge >= 0.3 is 6.09 Å². The highest BCUT2D eigenvalue weighted by Gasteiger charge is 2.49. The number of benzene rings is 1. The van der Waals surface area contributed by atoms with Crippen LogP contribution in [0.25, 0.3) is 0 Å². The van der Waals surface area contributed by atoms with Gasteiger partial charge in [-0.15, -0.1) is 0 Å². The van der Waals surface area contributed by atoms with Gasteiger partial charge in [0.05, 0.1) is 13.2 Å². The average molecular weight is 395 g/mol. The molecule has 28 heavy (non-hydrogen) atoms. The lowest BCUT2D eigenvalue weighted by Crippen LogP contribution is -2.69. The highest BCUT2D eigenvalue weighted by atomic mass is 19.1. The standard InChI is InChI=1S/C22H35FN2O3/c1-20(2,3)28-19(26)25(14-15-9-11-16(27-8)12-10-15)17-13-21(4,5)24-22(6,7)18(17)23/h9-12,17-18,24H,13-14H2,1-8H3/t17-,18-/m1/s1. The first-order valence-electron chi connectivity index (χ1n) is 9.80. The van der Waals surface area contributed by atoms with Gasteiger partial charge < -0.3 is 14.8 Å². The van der Waals surface area contributed by atoms with Crippen molar-refractivity contribution >= 4 is 6.09 Å². The van der Waals surface area contributed by atoms with E-state index in [1.807, 2.05) is 72.7 Å². The molecule has 1 amide bonds. The van der Waals surface area contributed by atoms with Crippen LogP contribution in [0.15, 0.2) is 24.3 Å². The molecule has 2 atom stereocenters. The van der Waals surface area contributed by atoms with E-state index < -0.39 is 29.4 Å². The van der Waals surface area contributed by atoms with Crippen LogP contribution in [0.3, 0.4) is 0 Å². The number of piperidine rings is 1. The molecule has 0 aliphatic carbocycles. The van der Waals surface area contributed by atoms with Gasteiger partial charge in [-0.25, -0.2) is 9.18 Å². The SMILES string of the molecule is COc1ccc(CN(C(=O)OC(C)(C)C)[C@@H]2CC(C)(C)NC(C)(C)[C@@H]2F)cc1. The maximum absolute atomic E-state index is 15.5. The van der Waals surface area contributed by atoms with E-state index in [0.717, 1.165) is 11.3 Å². The van der Waals surface area contributed by atoms with E-state index in [0.29, 0.717) is 6.42 Å². The van der Waals surface area contributed by atoms with Crippen LogP contribution >= 0.6 is 0 Å². The first kappa shape index (κ1) is 22.5. The van der Waals surface area contributed by atoms with E-state index in [2.05, 4.69) is 5.32 Å². The topological polar surface area (TPSA) is 50.8 Å². The molecule has 6 heteroatoms. The molecule has 1 aliphatic rings. The Bertz CT molecular complexity index is 680. The van der Waals surface area contributed by atoms with E-state index >= 15 is 4.39 Å². The summed E-state index contributed by atoms with van der Waals surface area (Å²) in [6.07, 6.45) is -1.23. The van der Waals surface area contributed by atoms with Gasteiger partial charge in [-0.1, -0.05) is 12.1 Å². The van der Waals surface area contributed by atoms with E-state index in [1.54, 1.807) is 12.0 Å². The molecule has 0 unspecified atom stereocenters. The van der Waals surface area contributed by atoms with Crippen molar-refractivity contribution in [3.63, 3.8) is 0 Å². The van der Waals surface area contributed by atoms with Crippen LogP contribution in [-0.2, 0) is 11.3 Å². The number of carbonyl (C=O) groups excluding carboxylic acids is 1. The quantitative estimate of drug-likeness (QED) is 0.805. The van der Waals surface area contributed by atoms with Crippen molar-refractivity contribution in [2.45, 2.75) is 90.3 Å². The number of rotatable bonds is 4. The number of ether oxygens (including phenoxy) is 2. The second kappa shape index (κ2) is 7.90. The predicted octanol–water partition coefficient (Wildman–Crippen LogP) is 4.69. The highest BCUT2D eigenvalue weighted by Crippen LogP contribution is 2.35. The molecule has 1 fully saturated rings. The number of nitrogens with zero attached hydrogens (tertiary/aromatic N) is 1. The minimum atomic E-state index is -1.23. The summed E-state index contributed by atoms with van der Waals surface area (Å²) in [6, 6.07) is 6.86. The van der Waals surface area contributed by atoms with Crippen LogP contribution in [0.2, 0.25) is 0 Å². The summed E-state index contributed by atoms with van der Waals surface area (Å²) in [6.45, 7) is 13.5. The summed E-state index contributed by atoms with van der Waals surface area (Å²) in [5.74, 6) is 0.736. The Hall–Kier alpha value is -1.82. The molecule has 1 aromatic rings.